The van der Waals surface area contributed by atoms with Gasteiger partial charge in [-0.2, -0.15) is 0 Å². The van der Waals surface area contributed by atoms with Crippen LogP contribution in [0.5, 0.6) is 11.5 Å². The van der Waals surface area contributed by atoms with Gasteiger partial charge in [0.05, 0.1) is 35.3 Å². The van der Waals surface area contributed by atoms with Gasteiger partial charge in [0.25, 0.3) is 0 Å². The lowest BCUT2D eigenvalue weighted by molar-refractivity contribution is -0.117. The Morgan fingerprint density at radius 2 is 1.02 bits per heavy atom. The molecule has 6 rings (SSSR count). The van der Waals surface area contributed by atoms with E-state index in [2.05, 4.69) is 30.6 Å². The number of hydrogen-bond donors (Lipinski definition) is 2. The number of carbonyl (C=O) groups is 2. The van der Waals surface area contributed by atoms with Crippen molar-refractivity contribution in [3.8, 4) is 11.5 Å². The molecule has 0 aliphatic rings. The molecule has 12 nitrogen and oxygen atoms in total. The van der Waals surface area contributed by atoms with Gasteiger partial charge in [-0.1, -0.05) is 23.2 Å². The maximum atomic E-state index is 14.2. The number of halogens is 6. The highest BCUT2D eigenvalue weighted by molar-refractivity contribution is 6.31. The van der Waals surface area contributed by atoms with Gasteiger partial charge in [0.15, 0.2) is 23.2 Å². The van der Waals surface area contributed by atoms with Crippen molar-refractivity contribution in [1.82, 2.24) is 29.7 Å². The molecule has 18 heteroatoms. The Hall–Kier alpha value is -6.20. The second-order valence-electron chi connectivity index (χ2n) is 14.1. The van der Waals surface area contributed by atoms with Gasteiger partial charge >= 0.3 is 0 Å². The third-order valence-corrected chi connectivity index (χ3v) is 9.53. The summed E-state index contributed by atoms with van der Waals surface area (Å²) >= 11 is 11.7. The maximum absolute atomic E-state index is 14.2. The van der Waals surface area contributed by atoms with E-state index in [0.717, 1.165) is 0 Å². The zero-order valence-corrected chi connectivity index (χ0v) is 36.0. The summed E-state index contributed by atoms with van der Waals surface area (Å²) in [7, 11) is 10.1. The minimum Gasteiger partial charge on any atom is -0.496 e. The second kappa shape index (κ2) is 21.5. The van der Waals surface area contributed by atoms with E-state index in [-0.39, 0.29) is 22.9 Å². The first-order valence-electron chi connectivity index (χ1n) is 18.7. The fourth-order valence-electron chi connectivity index (χ4n) is 5.80. The number of ether oxygens (including phenoxy) is 2. The third-order valence-electron chi connectivity index (χ3n) is 8.95. The number of hydrogen-bond acceptors (Lipinski definition) is 12. The molecule has 0 radical (unpaired) electrons. The van der Waals surface area contributed by atoms with Crippen LogP contribution in [-0.4, -0.2) is 96.8 Å². The quantitative estimate of drug-likeness (QED) is 0.0708. The SMILES string of the molecule is COc1cc2ncnc(Nc3ccc(F)c(Cl)c3)c2cc1CC(=O)/C(F)=C/CN(C)C.COc1cc2ncnc(Nc3ccc(F)c(Cl)c3)c2cc1CC(=O)/C(F)=C\CN(C)C. The van der Waals surface area contributed by atoms with Crippen molar-refractivity contribution in [1.29, 1.82) is 0 Å². The van der Waals surface area contributed by atoms with E-state index in [1.54, 1.807) is 62.3 Å². The number of Topliss-reactive ketones (excluding diaryl/α,β-unsaturated/α-hetero) is 2. The van der Waals surface area contributed by atoms with E-state index in [1.165, 1.54) is 75.4 Å². The van der Waals surface area contributed by atoms with Crippen molar-refractivity contribution in [2.75, 3.05) is 66.1 Å². The molecule has 2 N–H and O–H groups in total. The van der Waals surface area contributed by atoms with E-state index >= 15 is 0 Å². The van der Waals surface area contributed by atoms with Gasteiger partial charge in [-0.05, 0) is 88.9 Å². The van der Waals surface area contributed by atoms with E-state index in [9.17, 15) is 27.2 Å². The molecule has 0 unspecified atom stereocenters. The third kappa shape index (κ3) is 12.4. The summed E-state index contributed by atoms with van der Waals surface area (Å²) in [6.45, 7) is 0.628. The predicted octanol–water partition coefficient (Wildman–Crippen LogP) is 9.40. The first-order chi connectivity index (χ1) is 29.6. The number of allylic oxidation sites excluding steroid dienone is 2. The van der Waals surface area contributed by atoms with Gasteiger partial charge in [0.1, 0.15) is 47.4 Å². The van der Waals surface area contributed by atoms with Crippen LogP contribution >= 0.6 is 23.2 Å². The largest absolute Gasteiger partial charge is 0.496 e. The molecule has 0 atom stereocenters. The molecule has 324 valence electrons. The minimum atomic E-state index is -0.806. The zero-order valence-electron chi connectivity index (χ0n) is 34.5. The maximum Gasteiger partial charge on any atom is 0.195 e. The van der Waals surface area contributed by atoms with Crippen molar-refractivity contribution in [3.63, 3.8) is 0 Å². The Balaban J connectivity index is 0.000000234. The van der Waals surface area contributed by atoms with Crippen molar-refractivity contribution < 1.29 is 36.6 Å². The molecule has 0 aliphatic heterocycles. The molecule has 62 heavy (non-hydrogen) atoms. The Labute approximate surface area is 365 Å². The summed E-state index contributed by atoms with van der Waals surface area (Å²) < 4.78 is 66.0. The molecule has 0 saturated carbocycles. The lowest BCUT2D eigenvalue weighted by Gasteiger charge is -2.13. The Kier molecular flexibility index (Phi) is 16.3. The van der Waals surface area contributed by atoms with Crippen LogP contribution in [-0.2, 0) is 22.4 Å². The molecule has 0 fully saturated rings. The molecule has 0 spiro atoms. The number of likely N-dealkylation sites (N-methyl/N-ethyl adjacent to an activating group) is 2. The Bertz CT molecular complexity index is 2480. The van der Waals surface area contributed by atoms with Crippen LogP contribution in [0, 0.1) is 11.6 Å². The van der Waals surface area contributed by atoms with Crippen LogP contribution in [0.4, 0.5) is 40.6 Å². The second-order valence-corrected chi connectivity index (χ2v) is 15.0. The fraction of sp³-hybridized carbons (Fsp3) is 0.227. The number of carbonyl (C=O) groups excluding carboxylic acids is 2. The van der Waals surface area contributed by atoms with E-state index in [4.69, 9.17) is 32.7 Å². The van der Waals surface area contributed by atoms with Crippen LogP contribution < -0.4 is 20.1 Å². The highest BCUT2D eigenvalue weighted by Crippen LogP contribution is 2.33. The van der Waals surface area contributed by atoms with Crippen molar-refractivity contribution in [2.45, 2.75) is 12.8 Å². The highest BCUT2D eigenvalue weighted by atomic mass is 35.5. The van der Waals surface area contributed by atoms with Gasteiger partial charge in [0, 0.05) is 71.3 Å². The molecule has 0 saturated heterocycles. The number of benzene rings is 4. The van der Waals surface area contributed by atoms with Crippen molar-refractivity contribution in [2.24, 2.45) is 0 Å². The highest BCUT2D eigenvalue weighted by Gasteiger charge is 2.19. The summed E-state index contributed by atoms with van der Waals surface area (Å²) in [5.74, 6) is -2.32. The number of anilines is 4. The number of methoxy groups -OCH3 is 2. The number of nitrogens with one attached hydrogen (secondary N) is 2. The smallest absolute Gasteiger partial charge is 0.195 e. The molecular weight excluding hydrogens is 851 g/mol. The van der Waals surface area contributed by atoms with Crippen molar-refractivity contribution >= 4 is 79.6 Å². The van der Waals surface area contributed by atoms with Gasteiger partial charge in [-0.25, -0.2) is 37.5 Å². The first kappa shape index (κ1) is 46.9. The summed E-state index contributed by atoms with van der Waals surface area (Å²) in [6, 6.07) is 15.1. The minimum absolute atomic E-state index is 0.0312. The molecule has 6 aromatic rings. The topological polar surface area (TPSA) is 135 Å². The zero-order chi connectivity index (χ0) is 45.1. The monoisotopic (exact) mass is 892 g/mol. The summed E-state index contributed by atoms with van der Waals surface area (Å²) in [4.78, 5) is 45.2. The number of aromatic nitrogens is 4. The average molecular weight is 894 g/mol. The number of nitrogens with zero attached hydrogens (tertiary/aromatic N) is 6. The molecule has 4 aromatic carbocycles. The summed E-state index contributed by atoms with van der Waals surface area (Å²) in [6.07, 6.45) is 4.83. The number of rotatable bonds is 16. The van der Waals surface area contributed by atoms with Crippen LogP contribution in [0.3, 0.4) is 0 Å². The number of fused-ring (bicyclic) bond motifs is 2. The van der Waals surface area contributed by atoms with Gasteiger partial charge in [-0.3, -0.25) is 9.59 Å². The first-order valence-corrected chi connectivity index (χ1v) is 19.5. The molecule has 0 amide bonds. The molecular formula is C44H42Cl2F4N8O4. The van der Waals surface area contributed by atoms with E-state index < -0.39 is 34.9 Å². The Morgan fingerprint density at radius 1 is 0.629 bits per heavy atom. The summed E-state index contributed by atoms with van der Waals surface area (Å²) in [5.41, 5.74) is 3.14. The molecule has 2 heterocycles. The Morgan fingerprint density at radius 3 is 1.35 bits per heavy atom. The van der Waals surface area contributed by atoms with E-state index in [1.807, 2.05) is 0 Å². The molecule has 0 bridgehead atoms. The summed E-state index contributed by atoms with van der Waals surface area (Å²) in [5, 5.41) is 7.25. The predicted molar refractivity (Wildman–Crippen MR) is 234 cm³/mol. The standard InChI is InChI=1S/2C22H21ClF2N4O2/c2*1-29(2)7-6-18(25)20(30)9-13-8-15-19(11-21(13)31-3)26-12-27-22(15)28-14-4-5-17(24)16(23)10-14/h2*4-6,8,10-12H,7,9H2,1-3H3,(H,26,27,28)/b18-6+;18-6-. The van der Waals surface area contributed by atoms with Crippen LogP contribution in [0.15, 0.2) is 97.1 Å². The lowest BCUT2D eigenvalue weighted by atomic mass is 10.0. The number of ketones is 2. The van der Waals surface area contributed by atoms with E-state index in [0.29, 0.717) is 80.5 Å². The van der Waals surface area contributed by atoms with Crippen molar-refractivity contribution in [3.05, 3.63) is 130 Å². The van der Waals surface area contributed by atoms with Gasteiger partial charge in [0.2, 0.25) is 0 Å². The molecule has 0 aliphatic carbocycles. The fourth-order valence-corrected chi connectivity index (χ4v) is 6.16. The molecule has 2 aromatic heterocycles. The van der Waals surface area contributed by atoms with Crippen LogP contribution in [0.1, 0.15) is 11.1 Å². The normalized spacial score (nSPS) is 11.8. The van der Waals surface area contributed by atoms with Gasteiger partial charge < -0.3 is 29.9 Å². The van der Waals surface area contributed by atoms with Crippen LogP contribution in [0.2, 0.25) is 10.0 Å². The van der Waals surface area contributed by atoms with Crippen LogP contribution in [0.25, 0.3) is 21.8 Å². The van der Waals surface area contributed by atoms with Gasteiger partial charge in [-0.15, -0.1) is 0 Å². The average Bonchev–Trinajstić information content (AvgIpc) is 3.24. The lowest BCUT2D eigenvalue weighted by Crippen LogP contribution is -2.13.